The quantitative estimate of drug-likeness (QED) is 0.643. The number of nitrogens with zero attached hydrogens (tertiary/aromatic N) is 1. The molecule has 0 aliphatic carbocycles. The van der Waals surface area contributed by atoms with Crippen LogP contribution in [0.5, 0.6) is 0 Å². The maximum Gasteiger partial charge on any atom is 0.223 e. The van der Waals surface area contributed by atoms with Gasteiger partial charge in [-0.2, -0.15) is 0 Å². The summed E-state index contributed by atoms with van der Waals surface area (Å²) in [5, 5.41) is 0. The molecule has 1 saturated heterocycles. The summed E-state index contributed by atoms with van der Waals surface area (Å²) < 4.78 is 0. The maximum atomic E-state index is 11.6. The van der Waals surface area contributed by atoms with Crippen LogP contribution in [-0.2, 0) is 4.79 Å². The van der Waals surface area contributed by atoms with E-state index in [0.29, 0.717) is 12.3 Å². The SMILES string of the molecule is CCC1CN(C(=O)CC(C)(C)C)C1. The molecule has 0 aromatic heterocycles. The molecule has 1 rings (SSSR count). The Labute approximate surface area is 81.3 Å². The minimum atomic E-state index is 0.133. The van der Waals surface area contributed by atoms with Crippen molar-refractivity contribution < 1.29 is 4.79 Å². The molecule has 1 heterocycles. The van der Waals surface area contributed by atoms with Crippen LogP contribution in [0.2, 0.25) is 0 Å². The molecule has 1 aliphatic rings. The van der Waals surface area contributed by atoms with E-state index in [1.54, 1.807) is 0 Å². The van der Waals surface area contributed by atoms with Crippen molar-refractivity contribution in [3.8, 4) is 0 Å². The molecule has 13 heavy (non-hydrogen) atoms. The van der Waals surface area contributed by atoms with Gasteiger partial charge in [-0.25, -0.2) is 0 Å². The van der Waals surface area contributed by atoms with Crippen LogP contribution in [-0.4, -0.2) is 23.9 Å². The molecular formula is C11H21NO. The third-order valence-electron chi connectivity index (χ3n) is 2.57. The van der Waals surface area contributed by atoms with Crippen LogP contribution < -0.4 is 0 Å². The highest BCUT2D eigenvalue weighted by Gasteiger charge is 2.30. The Morgan fingerprint density at radius 1 is 1.38 bits per heavy atom. The molecule has 0 atom stereocenters. The first-order chi connectivity index (χ1) is 5.92. The highest BCUT2D eigenvalue weighted by molar-refractivity contribution is 5.77. The highest BCUT2D eigenvalue weighted by atomic mass is 16.2. The standard InChI is InChI=1S/C11H21NO/c1-5-9-7-12(8-9)10(13)6-11(2,3)4/h9H,5-8H2,1-4H3. The van der Waals surface area contributed by atoms with Gasteiger partial charge in [-0.05, 0) is 17.8 Å². The van der Waals surface area contributed by atoms with Crippen molar-refractivity contribution in [2.24, 2.45) is 11.3 Å². The van der Waals surface area contributed by atoms with Crippen molar-refractivity contribution in [3.05, 3.63) is 0 Å². The molecular weight excluding hydrogens is 162 g/mol. The second-order valence-electron chi connectivity index (χ2n) is 5.31. The van der Waals surface area contributed by atoms with Crippen LogP contribution in [0.3, 0.4) is 0 Å². The smallest absolute Gasteiger partial charge is 0.223 e. The van der Waals surface area contributed by atoms with Crippen LogP contribution in [0.4, 0.5) is 0 Å². The Balaban J connectivity index is 2.27. The minimum Gasteiger partial charge on any atom is -0.342 e. The van der Waals surface area contributed by atoms with E-state index >= 15 is 0 Å². The molecule has 1 amide bonds. The fraction of sp³-hybridized carbons (Fsp3) is 0.909. The zero-order chi connectivity index (χ0) is 10.1. The Hall–Kier alpha value is -0.530. The van der Waals surface area contributed by atoms with Crippen molar-refractivity contribution in [2.45, 2.75) is 40.5 Å². The largest absolute Gasteiger partial charge is 0.342 e. The lowest BCUT2D eigenvalue weighted by molar-refractivity contribution is -0.139. The predicted octanol–water partition coefficient (Wildman–Crippen LogP) is 2.29. The van der Waals surface area contributed by atoms with Gasteiger partial charge in [0.1, 0.15) is 0 Å². The minimum absolute atomic E-state index is 0.133. The lowest BCUT2D eigenvalue weighted by Gasteiger charge is -2.40. The highest BCUT2D eigenvalue weighted by Crippen LogP contribution is 2.24. The molecule has 1 fully saturated rings. The summed E-state index contributed by atoms with van der Waals surface area (Å²) in [5.41, 5.74) is 0.133. The van der Waals surface area contributed by atoms with Gasteiger partial charge in [0.2, 0.25) is 5.91 Å². The Kier molecular flexibility index (Phi) is 2.99. The molecule has 0 spiro atoms. The lowest BCUT2D eigenvalue weighted by Crippen LogP contribution is -2.50. The Morgan fingerprint density at radius 2 is 1.92 bits per heavy atom. The first-order valence-corrected chi connectivity index (χ1v) is 5.20. The molecule has 0 saturated carbocycles. The van der Waals surface area contributed by atoms with E-state index in [1.165, 1.54) is 6.42 Å². The van der Waals surface area contributed by atoms with E-state index in [4.69, 9.17) is 0 Å². The molecule has 2 heteroatoms. The van der Waals surface area contributed by atoms with E-state index < -0.39 is 0 Å². The average Bonchev–Trinajstić information content (AvgIpc) is 1.79. The number of amides is 1. The van der Waals surface area contributed by atoms with Gasteiger partial charge in [-0.3, -0.25) is 4.79 Å². The zero-order valence-electron chi connectivity index (χ0n) is 9.26. The van der Waals surface area contributed by atoms with Gasteiger partial charge in [0.25, 0.3) is 0 Å². The van der Waals surface area contributed by atoms with E-state index in [9.17, 15) is 4.79 Å². The summed E-state index contributed by atoms with van der Waals surface area (Å²) in [6.07, 6.45) is 1.89. The zero-order valence-corrected chi connectivity index (χ0v) is 9.26. The fourth-order valence-corrected chi connectivity index (χ4v) is 1.60. The fourth-order valence-electron chi connectivity index (χ4n) is 1.60. The van der Waals surface area contributed by atoms with Crippen molar-refractivity contribution in [1.29, 1.82) is 0 Å². The molecule has 0 bridgehead atoms. The van der Waals surface area contributed by atoms with Crippen LogP contribution in [0.15, 0.2) is 0 Å². The third kappa shape index (κ3) is 3.02. The van der Waals surface area contributed by atoms with E-state index in [1.807, 2.05) is 4.90 Å². The summed E-state index contributed by atoms with van der Waals surface area (Å²) in [6.45, 7) is 10.5. The number of hydrogen-bond donors (Lipinski definition) is 0. The monoisotopic (exact) mass is 183 g/mol. The topological polar surface area (TPSA) is 20.3 Å². The second-order valence-corrected chi connectivity index (χ2v) is 5.31. The number of carbonyl (C=O) groups is 1. The normalized spacial score (nSPS) is 18.6. The van der Waals surface area contributed by atoms with E-state index in [2.05, 4.69) is 27.7 Å². The Bertz CT molecular complexity index is 187. The average molecular weight is 183 g/mol. The summed E-state index contributed by atoms with van der Waals surface area (Å²) in [5.74, 6) is 1.10. The van der Waals surface area contributed by atoms with Crippen molar-refractivity contribution in [2.75, 3.05) is 13.1 Å². The Morgan fingerprint density at radius 3 is 2.31 bits per heavy atom. The number of carbonyl (C=O) groups excluding carboxylic acids is 1. The molecule has 0 aromatic rings. The molecule has 0 aromatic carbocycles. The lowest BCUT2D eigenvalue weighted by atomic mass is 9.89. The van der Waals surface area contributed by atoms with Gasteiger partial charge in [-0.15, -0.1) is 0 Å². The summed E-state index contributed by atoms with van der Waals surface area (Å²) in [7, 11) is 0. The van der Waals surface area contributed by atoms with Gasteiger partial charge in [-0.1, -0.05) is 27.7 Å². The third-order valence-corrected chi connectivity index (χ3v) is 2.57. The molecule has 0 N–H and O–H groups in total. The van der Waals surface area contributed by atoms with Gasteiger partial charge in [0.15, 0.2) is 0 Å². The van der Waals surface area contributed by atoms with Crippen LogP contribution >= 0.6 is 0 Å². The van der Waals surface area contributed by atoms with E-state index in [-0.39, 0.29) is 5.41 Å². The van der Waals surface area contributed by atoms with Gasteiger partial charge >= 0.3 is 0 Å². The van der Waals surface area contributed by atoms with Crippen LogP contribution in [0, 0.1) is 11.3 Å². The van der Waals surface area contributed by atoms with Crippen molar-refractivity contribution in [1.82, 2.24) is 4.90 Å². The van der Waals surface area contributed by atoms with Gasteiger partial charge in [0.05, 0.1) is 0 Å². The molecule has 2 nitrogen and oxygen atoms in total. The van der Waals surface area contributed by atoms with Crippen molar-refractivity contribution >= 4 is 5.91 Å². The second kappa shape index (κ2) is 3.69. The van der Waals surface area contributed by atoms with Gasteiger partial charge < -0.3 is 4.90 Å². The first-order valence-electron chi connectivity index (χ1n) is 5.20. The van der Waals surface area contributed by atoms with Crippen LogP contribution in [0.25, 0.3) is 0 Å². The predicted molar refractivity (Wildman–Crippen MR) is 54.4 cm³/mol. The molecule has 76 valence electrons. The maximum absolute atomic E-state index is 11.6. The summed E-state index contributed by atoms with van der Waals surface area (Å²) in [6, 6.07) is 0. The van der Waals surface area contributed by atoms with Crippen LogP contribution in [0.1, 0.15) is 40.5 Å². The summed E-state index contributed by atoms with van der Waals surface area (Å²) in [4.78, 5) is 13.6. The van der Waals surface area contributed by atoms with E-state index in [0.717, 1.165) is 19.0 Å². The number of rotatable bonds is 2. The van der Waals surface area contributed by atoms with Gasteiger partial charge in [0, 0.05) is 19.5 Å². The molecule has 0 unspecified atom stereocenters. The summed E-state index contributed by atoms with van der Waals surface area (Å²) >= 11 is 0. The molecule has 0 radical (unpaired) electrons. The number of hydrogen-bond acceptors (Lipinski definition) is 1. The molecule has 1 aliphatic heterocycles. The van der Waals surface area contributed by atoms with Crippen molar-refractivity contribution in [3.63, 3.8) is 0 Å². The number of likely N-dealkylation sites (tertiary alicyclic amines) is 1. The first kappa shape index (κ1) is 10.6.